The van der Waals surface area contributed by atoms with Crippen LogP contribution in [0.1, 0.15) is 24.4 Å². The minimum atomic E-state index is 0.423. The lowest BCUT2D eigenvalue weighted by Gasteiger charge is -2.39. The molecule has 1 atom stereocenters. The molecule has 0 aliphatic carbocycles. The zero-order valence-electron chi connectivity index (χ0n) is 11.9. The molecule has 3 nitrogen and oxygen atoms in total. The van der Waals surface area contributed by atoms with Crippen LogP contribution in [-0.2, 0) is 0 Å². The first kappa shape index (κ1) is 14.3. The Labute approximate surface area is 126 Å². The minimum absolute atomic E-state index is 0.423. The molecule has 110 valence electrons. The molecule has 2 aliphatic heterocycles. The maximum atomic E-state index is 6.40. The van der Waals surface area contributed by atoms with Gasteiger partial charge in [-0.15, -0.1) is 0 Å². The van der Waals surface area contributed by atoms with E-state index in [1.807, 2.05) is 12.1 Å². The summed E-state index contributed by atoms with van der Waals surface area (Å²) < 4.78 is 0. The van der Waals surface area contributed by atoms with Crippen molar-refractivity contribution in [1.29, 1.82) is 0 Å². The molecule has 3 rings (SSSR count). The van der Waals surface area contributed by atoms with Crippen molar-refractivity contribution in [3.8, 4) is 0 Å². The van der Waals surface area contributed by atoms with Crippen molar-refractivity contribution in [3.05, 3.63) is 34.9 Å². The Kier molecular flexibility index (Phi) is 4.94. The van der Waals surface area contributed by atoms with Crippen molar-refractivity contribution >= 4 is 11.6 Å². The van der Waals surface area contributed by atoms with Gasteiger partial charge in [0.2, 0.25) is 0 Å². The summed E-state index contributed by atoms with van der Waals surface area (Å²) in [6.45, 7) is 6.78. The summed E-state index contributed by atoms with van der Waals surface area (Å²) >= 11 is 6.40. The zero-order chi connectivity index (χ0) is 13.8. The van der Waals surface area contributed by atoms with Crippen molar-refractivity contribution in [1.82, 2.24) is 15.5 Å². The summed E-state index contributed by atoms with van der Waals surface area (Å²) in [6, 6.07) is 8.72. The third kappa shape index (κ3) is 3.34. The fourth-order valence-electron chi connectivity index (χ4n) is 3.41. The van der Waals surface area contributed by atoms with Gasteiger partial charge in [-0.3, -0.25) is 4.90 Å². The predicted molar refractivity (Wildman–Crippen MR) is 84.2 cm³/mol. The van der Waals surface area contributed by atoms with Gasteiger partial charge >= 0.3 is 0 Å². The fraction of sp³-hybridized carbons (Fsp3) is 0.625. The summed E-state index contributed by atoms with van der Waals surface area (Å²) in [5.74, 6) is 0.833. The van der Waals surface area contributed by atoms with Gasteiger partial charge in [0.25, 0.3) is 0 Å². The van der Waals surface area contributed by atoms with E-state index in [1.54, 1.807) is 0 Å². The Bertz CT molecular complexity index is 431. The van der Waals surface area contributed by atoms with E-state index in [2.05, 4.69) is 27.7 Å². The van der Waals surface area contributed by atoms with Gasteiger partial charge in [0.05, 0.1) is 0 Å². The Morgan fingerprint density at radius 1 is 1.10 bits per heavy atom. The molecule has 1 aromatic carbocycles. The quantitative estimate of drug-likeness (QED) is 0.895. The van der Waals surface area contributed by atoms with Crippen molar-refractivity contribution < 1.29 is 0 Å². The smallest absolute Gasteiger partial charge is 0.0488 e. The number of nitrogens with zero attached hydrogens (tertiary/aromatic N) is 1. The second-order valence-corrected chi connectivity index (χ2v) is 6.34. The molecule has 2 heterocycles. The van der Waals surface area contributed by atoms with Crippen molar-refractivity contribution in [2.24, 2.45) is 5.92 Å². The average molecular weight is 294 g/mol. The largest absolute Gasteiger partial charge is 0.317 e. The topological polar surface area (TPSA) is 27.3 Å². The summed E-state index contributed by atoms with van der Waals surface area (Å²) in [6.07, 6.45) is 2.61. The van der Waals surface area contributed by atoms with Crippen LogP contribution in [0.3, 0.4) is 0 Å². The standard InChI is InChI=1S/C16H24ClN3/c17-15-4-2-1-3-14(15)16-11-19-9-10-20(16)12-13-5-7-18-8-6-13/h1-4,13,16,18-19H,5-12H2. The average Bonchev–Trinajstić information content (AvgIpc) is 2.50. The lowest BCUT2D eigenvalue weighted by Crippen LogP contribution is -2.48. The van der Waals surface area contributed by atoms with Crippen molar-refractivity contribution in [2.75, 3.05) is 39.3 Å². The Morgan fingerprint density at radius 2 is 1.90 bits per heavy atom. The second kappa shape index (κ2) is 6.90. The Morgan fingerprint density at radius 3 is 2.70 bits per heavy atom. The van der Waals surface area contributed by atoms with Crippen molar-refractivity contribution in [2.45, 2.75) is 18.9 Å². The lowest BCUT2D eigenvalue weighted by molar-refractivity contribution is 0.126. The first-order valence-corrected chi connectivity index (χ1v) is 8.12. The van der Waals surface area contributed by atoms with Crippen LogP contribution in [0.4, 0.5) is 0 Å². The van der Waals surface area contributed by atoms with Gasteiger partial charge in [0, 0.05) is 37.2 Å². The second-order valence-electron chi connectivity index (χ2n) is 5.93. The summed E-state index contributed by atoms with van der Waals surface area (Å²) in [7, 11) is 0. The van der Waals surface area contributed by atoms with Gasteiger partial charge in [-0.2, -0.15) is 0 Å². The minimum Gasteiger partial charge on any atom is -0.317 e. The van der Waals surface area contributed by atoms with Crippen LogP contribution in [0.25, 0.3) is 0 Å². The molecule has 0 spiro atoms. The molecule has 0 amide bonds. The highest BCUT2D eigenvalue weighted by molar-refractivity contribution is 6.31. The summed E-state index contributed by atoms with van der Waals surface area (Å²) in [5, 5.41) is 7.87. The first-order chi connectivity index (χ1) is 9.84. The van der Waals surface area contributed by atoms with Crippen LogP contribution >= 0.6 is 11.6 Å². The molecular formula is C16H24ClN3. The van der Waals surface area contributed by atoms with Crippen LogP contribution in [0.15, 0.2) is 24.3 Å². The molecule has 1 unspecified atom stereocenters. The molecule has 2 aliphatic rings. The number of nitrogens with one attached hydrogen (secondary N) is 2. The molecule has 2 N–H and O–H groups in total. The van der Waals surface area contributed by atoms with Gasteiger partial charge in [0.15, 0.2) is 0 Å². The number of benzene rings is 1. The highest BCUT2D eigenvalue weighted by Gasteiger charge is 2.27. The number of hydrogen-bond donors (Lipinski definition) is 2. The Hall–Kier alpha value is -0.610. The molecule has 0 aromatic heterocycles. The van der Waals surface area contributed by atoms with E-state index in [0.717, 1.165) is 30.6 Å². The SMILES string of the molecule is Clc1ccccc1C1CNCCN1CC1CCNCC1. The van der Waals surface area contributed by atoms with E-state index >= 15 is 0 Å². The van der Waals surface area contributed by atoms with Gasteiger partial charge in [-0.1, -0.05) is 29.8 Å². The fourth-order valence-corrected chi connectivity index (χ4v) is 3.67. The molecule has 2 saturated heterocycles. The molecule has 0 saturated carbocycles. The zero-order valence-corrected chi connectivity index (χ0v) is 12.7. The maximum Gasteiger partial charge on any atom is 0.0488 e. The van der Waals surface area contributed by atoms with E-state index in [1.165, 1.54) is 38.0 Å². The molecule has 2 fully saturated rings. The molecule has 20 heavy (non-hydrogen) atoms. The van der Waals surface area contributed by atoms with Crippen LogP contribution < -0.4 is 10.6 Å². The molecule has 4 heteroatoms. The van der Waals surface area contributed by atoms with E-state index < -0.39 is 0 Å². The number of hydrogen-bond acceptors (Lipinski definition) is 3. The van der Waals surface area contributed by atoms with Gasteiger partial charge < -0.3 is 10.6 Å². The number of piperidine rings is 1. The Balaban J connectivity index is 1.72. The number of halogens is 1. The number of piperazine rings is 1. The van der Waals surface area contributed by atoms with Gasteiger partial charge in [-0.05, 0) is 43.5 Å². The third-order valence-electron chi connectivity index (χ3n) is 4.57. The van der Waals surface area contributed by atoms with Gasteiger partial charge in [0.1, 0.15) is 0 Å². The first-order valence-electron chi connectivity index (χ1n) is 7.74. The summed E-state index contributed by atoms with van der Waals surface area (Å²) in [4.78, 5) is 2.63. The van der Waals surface area contributed by atoms with Gasteiger partial charge in [-0.25, -0.2) is 0 Å². The van der Waals surface area contributed by atoms with Crippen molar-refractivity contribution in [3.63, 3.8) is 0 Å². The van der Waals surface area contributed by atoms with Crippen LogP contribution in [0, 0.1) is 5.92 Å². The molecule has 1 aromatic rings. The molecular weight excluding hydrogens is 270 g/mol. The van der Waals surface area contributed by atoms with Crippen LogP contribution in [-0.4, -0.2) is 44.2 Å². The summed E-state index contributed by atoms with van der Waals surface area (Å²) in [5.41, 5.74) is 1.27. The normalized spacial score (nSPS) is 25.8. The highest BCUT2D eigenvalue weighted by atomic mass is 35.5. The maximum absolute atomic E-state index is 6.40. The van der Waals surface area contributed by atoms with Crippen LogP contribution in [0.2, 0.25) is 5.02 Å². The van der Waals surface area contributed by atoms with E-state index in [9.17, 15) is 0 Å². The van der Waals surface area contributed by atoms with E-state index in [4.69, 9.17) is 11.6 Å². The van der Waals surface area contributed by atoms with Crippen LogP contribution in [0.5, 0.6) is 0 Å². The highest BCUT2D eigenvalue weighted by Crippen LogP contribution is 2.29. The lowest BCUT2D eigenvalue weighted by atomic mass is 9.95. The number of rotatable bonds is 3. The van der Waals surface area contributed by atoms with E-state index in [0.29, 0.717) is 6.04 Å². The third-order valence-corrected chi connectivity index (χ3v) is 4.91. The predicted octanol–water partition coefficient (Wildman–Crippen LogP) is 2.29. The molecule has 0 radical (unpaired) electrons. The molecule has 0 bridgehead atoms. The van der Waals surface area contributed by atoms with E-state index in [-0.39, 0.29) is 0 Å². The monoisotopic (exact) mass is 293 g/mol.